The molecule has 6 heteroatoms. The highest BCUT2D eigenvalue weighted by molar-refractivity contribution is 5.62. The van der Waals surface area contributed by atoms with Crippen LogP contribution in [0.1, 0.15) is 22.4 Å². The molecule has 154 valence electrons. The molecule has 0 saturated heterocycles. The van der Waals surface area contributed by atoms with Gasteiger partial charge in [-0.25, -0.2) is 9.97 Å². The van der Waals surface area contributed by atoms with Gasteiger partial charge in [-0.05, 0) is 48.7 Å². The van der Waals surface area contributed by atoms with Crippen molar-refractivity contribution in [2.24, 2.45) is 10.2 Å². The van der Waals surface area contributed by atoms with E-state index in [0.29, 0.717) is 17.8 Å². The van der Waals surface area contributed by atoms with Crippen molar-refractivity contribution in [3.63, 3.8) is 0 Å². The molecule has 0 radical (unpaired) electrons. The Morgan fingerprint density at radius 1 is 0.938 bits per heavy atom. The van der Waals surface area contributed by atoms with Gasteiger partial charge in [-0.2, -0.15) is 10.4 Å². The van der Waals surface area contributed by atoms with Gasteiger partial charge in [0.25, 0.3) is 0 Å². The highest BCUT2D eigenvalue weighted by Crippen LogP contribution is 2.28. The summed E-state index contributed by atoms with van der Waals surface area (Å²) in [6, 6.07) is 22.1. The molecule has 3 heterocycles. The third-order valence-electron chi connectivity index (χ3n) is 5.46. The lowest BCUT2D eigenvalue weighted by Gasteiger charge is -2.17. The first-order valence-electron chi connectivity index (χ1n) is 10.5. The van der Waals surface area contributed by atoms with Gasteiger partial charge in [0, 0.05) is 23.7 Å². The normalized spacial score (nSPS) is 14.6. The zero-order valence-electron chi connectivity index (χ0n) is 17.6. The lowest BCUT2D eigenvalue weighted by atomic mass is 9.98. The third kappa shape index (κ3) is 4.14. The second-order valence-electron chi connectivity index (χ2n) is 7.92. The van der Waals surface area contributed by atoms with Crippen molar-refractivity contribution in [3.05, 3.63) is 95.4 Å². The van der Waals surface area contributed by atoms with Gasteiger partial charge in [0.2, 0.25) is 0 Å². The van der Waals surface area contributed by atoms with Gasteiger partial charge in [-0.1, -0.05) is 36.4 Å². The monoisotopic (exact) mass is 416 g/mol. The summed E-state index contributed by atoms with van der Waals surface area (Å²) in [5, 5.41) is 18.0. The van der Waals surface area contributed by atoms with Crippen LogP contribution in [0.5, 0.6) is 0 Å². The van der Waals surface area contributed by atoms with Gasteiger partial charge >= 0.3 is 0 Å². The Morgan fingerprint density at radius 3 is 2.59 bits per heavy atom. The topological polar surface area (TPSA) is 87.2 Å². The minimum absolute atomic E-state index is 0.00119. The van der Waals surface area contributed by atoms with E-state index in [9.17, 15) is 0 Å². The number of aryl methyl sites for hydroxylation is 1. The minimum atomic E-state index is -0.00119. The first-order chi connectivity index (χ1) is 15.7. The van der Waals surface area contributed by atoms with Crippen LogP contribution < -0.4 is 0 Å². The van der Waals surface area contributed by atoms with Crippen molar-refractivity contribution in [1.29, 1.82) is 5.26 Å². The van der Waals surface area contributed by atoms with Crippen LogP contribution in [-0.2, 0) is 12.8 Å². The van der Waals surface area contributed by atoms with Crippen molar-refractivity contribution in [1.82, 2.24) is 15.0 Å². The van der Waals surface area contributed by atoms with E-state index in [4.69, 9.17) is 10.2 Å². The maximum absolute atomic E-state index is 9.16. The summed E-state index contributed by atoms with van der Waals surface area (Å²) < 4.78 is 0. The van der Waals surface area contributed by atoms with Crippen LogP contribution in [0.4, 0.5) is 5.82 Å². The standard InChI is InChI=1S/C26H20N6/c1-17-8-9-23(28-15-17)20-6-2-4-18(10-20)12-22-13-24-26(32-31-22)29-16-25(30-24)21-7-3-5-19(11-21)14-27/h2-11,15-16,22H,12-13H2,1H3. The molecule has 1 aliphatic rings. The summed E-state index contributed by atoms with van der Waals surface area (Å²) in [5.41, 5.74) is 7.43. The van der Waals surface area contributed by atoms with E-state index in [-0.39, 0.29) is 6.04 Å². The zero-order valence-corrected chi connectivity index (χ0v) is 17.6. The van der Waals surface area contributed by atoms with Crippen LogP contribution in [0.25, 0.3) is 22.5 Å². The Labute approximate surface area is 186 Å². The fraction of sp³-hybridized carbons (Fsp3) is 0.154. The molecule has 0 aliphatic carbocycles. The predicted octanol–water partition coefficient (Wildman–Crippen LogP) is 5.64. The number of azo groups is 1. The fourth-order valence-corrected chi connectivity index (χ4v) is 3.81. The fourth-order valence-electron chi connectivity index (χ4n) is 3.81. The molecule has 0 spiro atoms. The van der Waals surface area contributed by atoms with Crippen LogP contribution >= 0.6 is 0 Å². The Bertz CT molecular complexity index is 1350. The lowest BCUT2D eigenvalue weighted by molar-refractivity contribution is 0.603. The Balaban J connectivity index is 1.36. The first-order valence-corrected chi connectivity index (χ1v) is 10.5. The average molecular weight is 416 g/mol. The van der Waals surface area contributed by atoms with Gasteiger partial charge in [0.1, 0.15) is 0 Å². The molecule has 0 fully saturated rings. The van der Waals surface area contributed by atoms with E-state index in [1.54, 1.807) is 12.3 Å². The van der Waals surface area contributed by atoms with Gasteiger partial charge in [0.05, 0.1) is 41.0 Å². The first kappa shape index (κ1) is 19.7. The molecule has 1 aliphatic heterocycles. The van der Waals surface area contributed by atoms with Gasteiger partial charge in [-0.3, -0.25) is 4.98 Å². The molecule has 5 rings (SSSR count). The summed E-state index contributed by atoms with van der Waals surface area (Å²) >= 11 is 0. The predicted molar refractivity (Wildman–Crippen MR) is 122 cm³/mol. The summed E-state index contributed by atoms with van der Waals surface area (Å²) in [4.78, 5) is 13.8. The highest BCUT2D eigenvalue weighted by atomic mass is 15.2. The number of aromatic nitrogens is 3. The smallest absolute Gasteiger partial charge is 0.195 e. The van der Waals surface area contributed by atoms with E-state index < -0.39 is 0 Å². The quantitative estimate of drug-likeness (QED) is 0.431. The van der Waals surface area contributed by atoms with E-state index in [1.165, 1.54) is 5.56 Å². The Kier molecular flexibility index (Phi) is 5.22. The Morgan fingerprint density at radius 2 is 1.78 bits per heavy atom. The van der Waals surface area contributed by atoms with Crippen LogP contribution in [0.3, 0.4) is 0 Å². The molecule has 0 bridgehead atoms. The number of nitriles is 1. The molecule has 0 saturated carbocycles. The van der Waals surface area contributed by atoms with Gasteiger partial charge in [0.15, 0.2) is 5.82 Å². The van der Waals surface area contributed by atoms with Crippen LogP contribution in [-0.4, -0.2) is 21.0 Å². The van der Waals surface area contributed by atoms with Crippen LogP contribution in [0.15, 0.2) is 83.3 Å². The molecule has 0 N–H and O–H groups in total. The minimum Gasteiger partial charge on any atom is -0.256 e. The second kappa shape index (κ2) is 8.48. The molecule has 1 unspecified atom stereocenters. The number of nitrogens with zero attached hydrogens (tertiary/aromatic N) is 6. The molecule has 32 heavy (non-hydrogen) atoms. The summed E-state index contributed by atoms with van der Waals surface area (Å²) in [6.45, 7) is 2.04. The Hall–Kier alpha value is -4.24. The molecule has 1 atom stereocenters. The number of hydrogen-bond donors (Lipinski definition) is 0. The average Bonchev–Trinajstić information content (AvgIpc) is 2.84. The van der Waals surface area contributed by atoms with Crippen LogP contribution in [0, 0.1) is 18.3 Å². The van der Waals surface area contributed by atoms with Crippen LogP contribution in [0.2, 0.25) is 0 Å². The highest BCUT2D eigenvalue weighted by Gasteiger charge is 2.20. The molecule has 4 aromatic rings. The SMILES string of the molecule is Cc1ccc(-c2cccc(CC3Cc4nc(-c5cccc(C#N)c5)cnc4N=N3)c2)nc1. The van der Waals surface area contributed by atoms with Crippen molar-refractivity contribution in [2.75, 3.05) is 0 Å². The molecular formula is C26H20N6. The van der Waals surface area contributed by atoms with E-state index in [1.807, 2.05) is 37.4 Å². The van der Waals surface area contributed by atoms with E-state index in [0.717, 1.165) is 40.2 Å². The van der Waals surface area contributed by atoms with Crippen molar-refractivity contribution in [2.45, 2.75) is 25.8 Å². The zero-order chi connectivity index (χ0) is 21.9. The third-order valence-corrected chi connectivity index (χ3v) is 5.46. The number of pyridine rings is 1. The molecule has 2 aromatic carbocycles. The molecule has 6 nitrogen and oxygen atoms in total. The number of rotatable bonds is 4. The maximum atomic E-state index is 9.16. The van der Waals surface area contributed by atoms with Crippen molar-refractivity contribution < 1.29 is 0 Å². The lowest BCUT2D eigenvalue weighted by Crippen LogP contribution is -2.16. The van der Waals surface area contributed by atoms with Crippen molar-refractivity contribution >= 4 is 5.82 Å². The number of benzene rings is 2. The summed E-state index contributed by atoms with van der Waals surface area (Å²) in [6.07, 6.45) is 5.01. The number of fused-ring (bicyclic) bond motifs is 1. The van der Waals surface area contributed by atoms with E-state index in [2.05, 4.69) is 56.6 Å². The largest absolute Gasteiger partial charge is 0.256 e. The van der Waals surface area contributed by atoms with Gasteiger partial charge < -0.3 is 0 Å². The molecule has 2 aromatic heterocycles. The summed E-state index contributed by atoms with van der Waals surface area (Å²) in [5.74, 6) is 0.569. The molecule has 0 amide bonds. The number of hydrogen-bond acceptors (Lipinski definition) is 6. The molecular weight excluding hydrogens is 396 g/mol. The van der Waals surface area contributed by atoms with Crippen molar-refractivity contribution in [3.8, 4) is 28.6 Å². The van der Waals surface area contributed by atoms with Gasteiger partial charge in [-0.15, -0.1) is 5.11 Å². The van der Waals surface area contributed by atoms with E-state index >= 15 is 0 Å². The maximum Gasteiger partial charge on any atom is 0.195 e. The summed E-state index contributed by atoms with van der Waals surface area (Å²) in [7, 11) is 0. The second-order valence-corrected chi connectivity index (χ2v) is 7.92.